The Balaban J connectivity index is 1.58. The van der Waals surface area contributed by atoms with Gasteiger partial charge in [-0.1, -0.05) is 66.5 Å². The summed E-state index contributed by atoms with van der Waals surface area (Å²) in [6, 6.07) is 11.6. The van der Waals surface area contributed by atoms with Crippen molar-refractivity contribution in [2.24, 2.45) is 0 Å². The minimum atomic E-state index is -0.508. The predicted octanol–water partition coefficient (Wildman–Crippen LogP) is 3.95. The zero-order valence-corrected chi connectivity index (χ0v) is 16.4. The van der Waals surface area contributed by atoms with Gasteiger partial charge in [0.1, 0.15) is 11.0 Å². The first-order chi connectivity index (χ1) is 13.7. The highest BCUT2D eigenvalue weighted by Crippen LogP contribution is 2.37. The van der Waals surface area contributed by atoms with Crippen LogP contribution >= 0.6 is 11.8 Å². The Morgan fingerprint density at radius 3 is 2.75 bits per heavy atom. The van der Waals surface area contributed by atoms with Gasteiger partial charge in [-0.2, -0.15) is 0 Å². The van der Waals surface area contributed by atoms with E-state index in [2.05, 4.69) is 26.0 Å². The summed E-state index contributed by atoms with van der Waals surface area (Å²) in [5.41, 5.74) is 0.878. The number of carbonyl (C=O) groups is 1. The van der Waals surface area contributed by atoms with Crippen molar-refractivity contribution in [2.45, 2.75) is 55.5 Å². The number of rotatable bonds is 6. The molecule has 8 nitrogen and oxygen atoms in total. The molecule has 1 N–H and O–H groups in total. The molecule has 0 radical (unpaired) electrons. The SMILES string of the molecule is Cc1cc(NC(=O)C(Sc2nnnn2C2CCCCC2)c2ccccc2)no1. The maximum atomic E-state index is 13.0. The van der Waals surface area contributed by atoms with Gasteiger partial charge in [-0.3, -0.25) is 4.79 Å². The first-order valence-corrected chi connectivity index (χ1v) is 10.3. The zero-order chi connectivity index (χ0) is 19.3. The molecule has 0 spiro atoms. The number of thioether (sulfide) groups is 1. The summed E-state index contributed by atoms with van der Waals surface area (Å²) in [5.74, 6) is 0.846. The number of aromatic nitrogens is 5. The van der Waals surface area contributed by atoms with Crippen LogP contribution in [0.1, 0.15) is 54.7 Å². The van der Waals surface area contributed by atoms with Gasteiger partial charge in [0.25, 0.3) is 0 Å². The van der Waals surface area contributed by atoms with E-state index < -0.39 is 5.25 Å². The van der Waals surface area contributed by atoms with Crippen LogP contribution in [0.5, 0.6) is 0 Å². The Morgan fingerprint density at radius 2 is 2.04 bits per heavy atom. The minimum Gasteiger partial charge on any atom is -0.360 e. The lowest BCUT2D eigenvalue weighted by Gasteiger charge is -2.23. The Hall–Kier alpha value is -2.68. The summed E-state index contributed by atoms with van der Waals surface area (Å²) < 4.78 is 6.93. The van der Waals surface area contributed by atoms with E-state index in [9.17, 15) is 4.79 Å². The molecule has 28 heavy (non-hydrogen) atoms. The molecule has 4 rings (SSSR count). The molecule has 0 saturated heterocycles. The number of carbonyl (C=O) groups excluding carboxylic acids is 1. The van der Waals surface area contributed by atoms with Gasteiger partial charge in [0, 0.05) is 6.07 Å². The topological polar surface area (TPSA) is 98.7 Å². The van der Waals surface area contributed by atoms with Gasteiger partial charge in [0.05, 0.1) is 6.04 Å². The number of nitrogens with zero attached hydrogens (tertiary/aromatic N) is 5. The van der Waals surface area contributed by atoms with E-state index >= 15 is 0 Å². The summed E-state index contributed by atoms with van der Waals surface area (Å²) in [6.45, 7) is 1.78. The van der Waals surface area contributed by atoms with E-state index in [0.717, 1.165) is 18.4 Å². The summed E-state index contributed by atoms with van der Waals surface area (Å²) in [5, 5.41) is 19.1. The number of amides is 1. The van der Waals surface area contributed by atoms with Gasteiger partial charge in [0.15, 0.2) is 5.82 Å². The molecule has 146 valence electrons. The Labute approximate surface area is 167 Å². The first kappa shape index (κ1) is 18.7. The standard InChI is InChI=1S/C19H22N6O2S/c1-13-12-16(22-27-13)20-18(26)17(14-8-4-2-5-9-14)28-19-21-23-24-25(19)15-10-6-3-7-11-15/h2,4-5,8-9,12,15,17H,3,6-7,10-11H2,1H3,(H,20,22,26). The number of nitrogens with one attached hydrogen (secondary N) is 1. The maximum absolute atomic E-state index is 13.0. The third-order valence-electron chi connectivity index (χ3n) is 4.83. The molecule has 1 aliphatic carbocycles. The molecule has 1 atom stereocenters. The van der Waals surface area contributed by atoms with Gasteiger partial charge in [-0.15, -0.1) is 5.10 Å². The second kappa shape index (κ2) is 8.55. The summed E-state index contributed by atoms with van der Waals surface area (Å²) in [4.78, 5) is 13.0. The number of aryl methyl sites for hydroxylation is 1. The lowest BCUT2D eigenvalue weighted by atomic mass is 9.96. The highest BCUT2D eigenvalue weighted by atomic mass is 32.2. The Kier molecular flexibility index (Phi) is 5.70. The normalized spacial score (nSPS) is 16.0. The zero-order valence-electron chi connectivity index (χ0n) is 15.6. The second-order valence-corrected chi connectivity index (χ2v) is 7.99. The van der Waals surface area contributed by atoms with Crippen molar-refractivity contribution < 1.29 is 9.32 Å². The van der Waals surface area contributed by atoms with Gasteiger partial charge in [-0.25, -0.2) is 4.68 Å². The number of hydrogen-bond acceptors (Lipinski definition) is 7. The van der Waals surface area contributed by atoms with Crippen LogP contribution in [0.3, 0.4) is 0 Å². The maximum Gasteiger partial charge on any atom is 0.243 e. The van der Waals surface area contributed by atoms with Crippen LogP contribution in [-0.4, -0.2) is 31.3 Å². The largest absolute Gasteiger partial charge is 0.360 e. The lowest BCUT2D eigenvalue weighted by Crippen LogP contribution is -2.21. The van der Waals surface area contributed by atoms with Gasteiger partial charge in [0.2, 0.25) is 11.1 Å². The van der Waals surface area contributed by atoms with E-state index in [0.29, 0.717) is 22.8 Å². The third kappa shape index (κ3) is 4.24. The fraction of sp³-hybridized carbons (Fsp3) is 0.421. The lowest BCUT2D eigenvalue weighted by molar-refractivity contribution is -0.115. The van der Waals surface area contributed by atoms with Crippen molar-refractivity contribution in [2.75, 3.05) is 5.32 Å². The Morgan fingerprint density at radius 1 is 1.25 bits per heavy atom. The van der Waals surface area contributed by atoms with E-state index in [1.54, 1.807) is 13.0 Å². The van der Waals surface area contributed by atoms with Crippen LogP contribution in [-0.2, 0) is 4.79 Å². The molecule has 1 aliphatic rings. The van der Waals surface area contributed by atoms with Crippen molar-refractivity contribution in [3.8, 4) is 0 Å². The van der Waals surface area contributed by atoms with Crippen LogP contribution in [0.4, 0.5) is 5.82 Å². The molecule has 9 heteroatoms. The molecular formula is C19H22N6O2S. The van der Waals surface area contributed by atoms with Crippen molar-refractivity contribution in [3.05, 3.63) is 47.7 Å². The number of benzene rings is 1. The Bertz CT molecular complexity index is 919. The molecule has 2 aromatic heterocycles. The molecule has 1 unspecified atom stereocenters. The van der Waals surface area contributed by atoms with Gasteiger partial charge in [-0.05, 0) is 35.8 Å². The van der Waals surface area contributed by atoms with Crippen molar-refractivity contribution in [1.82, 2.24) is 25.4 Å². The number of anilines is 1. The number of tetrazole rings is 1. The molecule has 0 aliphatic heterocycles. The number of hydrogen-bond donors (Lipinski definition) is 1. The molecule has 3 aromatic rings. The minimum absolute atomic E-state index is 0.192. The average Bonchev–Trinajstić information content (AvgIpc) is 3.36. The molecule has 1 aromatic carbocycles. The van der Waals surface area contributed by atoms with E-state index in [1.807, 2.05) is 35.0 Å². The van der Waals surface area contributed by atoms with Crippen molar-refractivity contribution >= 4 is 23.5 Å². The highest BCUT2D eigenvalue weighted by molar-refractivity contribution is 8.00. The first-order valence-electron chi connectivity index (χ1n) is 9.44. The fourth-order valence-electron chi connectivity index (χ4n) is 3.44. The molecule has 1 saturated carbocycles. The predicted molar refractivity (Wildman–Crippen MR) is 105 cm³/mol. The monoisotopic (exact) mass is 398 g/mol. The van der Waals surface area contributed by atoms with Crippen molar-refractivity contribution in [3.63, 3.8) is 0 Å². The smallest absolute Gasteiger partial charge is 0.243 e. The average molecular weight is 398 g/mol. The van der Waals surface area contributed by atoms with E-state index in [1.165, 1.54) is 31.0 Å². The molecule has 1 fully saturated rings. The summed E-state index contributed by atoms with van der Waals surface area (Å²) in [6.07, 6.45) is 5.76. The molecular weight excluding hydrogens is 376 g/mol. The van der Waals surface area contributed by atoms with E-state index in [4.69, 9.17) is 4.52 Å². The highest BCUT2D eigenvalue weighted by Gasteiger charge is 2.28. The summed E-state index contributed by atoms with van der Waals surface area (Å²) in [7, 11) is 0. The van der Waals surface area contributed by atoms with Crippen LogP contribution in [0.25, 0.3) is 0 Å². The second-order valence-electron chi connectivity index (χ2n) is 6.92. The fourth-order valence-corrected chi connectivity index (χ4v) is 4.49. The van der Waals surface area contributed by atoms with Crippen LogP contribution in [0, 0.1) is 6.92 Å². The van der Waals surface area contributed by atoms with Crippen LogP contribution < -0.4 is 5.32 Å². The van der Waals surface area contributed by atoms with Crippen molar-refractivity contribution in [1.29, 1.82) is 0 Å². The molecule has 1 amide bonds. The molecule has 0 bridgehead atoms. The quantitative estimate of drug-likeness (QED) is 0.628. The van der Waals surface area contributed by atoms with Gasteiger partial charge >= 0.3 is 0 Å². The molecule has 2 heterocycles. The van der Waals surface area contributed by atoms with Crippen LogP contribution in [0.2, 0.25) is 0 Å². The third-order valence-corrected chi connectivity index (χ3v) is 6.03. The van der Waals surface area contributed by atoms with Gasteiger partial charge < -0.3 is 9.84 Å². The van der Waals surface area contributed by atoms with Crippen LogP contribution in [0.15, 0.2) is 46.1 Å². The van der Waals surface area contributed by atoms with E-state index in [-0.39, 0.29) is 5.91 Å². The summed E-state index contributed by atoms with van der Waals surface area (Å²) >= 11 is 1.36.